The van der Waals surface area contributed by atoms with Crippen molar-refractivity contribution in [2.75, 3.05) is 6.61 Å². The normalized spacial score (nSPS) is 23.5. The summed E-state index contributed by atoms with van der Waals surface area (Å²) in [5.74, 6) is -1.06. The van der Waals surface area contributed by atoms with Crippen LogP contribution in [0.4, 0.5) is 0 Å². The fraction of sp³-hybridized carbons (Fsp3) is 0.625. The van der Waals surface area contributed by atoms with Crippen molar-refractivity contribution in [2.45, 2.75) is 56.6 Å². The lowest BCUT2D eigenvalue weighted by molar-refractivity contribution is -0.136. The molecule has 2 aliphatic rings. The highest BCUT2D eigenvalue weighted by Crippen LogP contribution is 2.40. The Morgan fingerprint density at radius 3 is 2.91 bits per heavy atom. The average Bonchev–Trinajstić information content (AvgIpc) is 3.08. The van der Waals surface area contributed by atoms with E-state index in [1.165, 1.54) is 24.2 Å². The molecule has 22 heavy (non-hydrogen) atoms. The lowest BCUT2D eigenvalue weighted by Crippen LogP contribution is -2.47. The van der Waals surface area contributed by atoms with E-state index in [9.17, 15) is 9.59 Å². The van der Waals surface area contributed by atoms with Gasteiger partial charge in [0.1, 0.15) is 0 Å². The lowest BCUT2D eigenvalue weighted by Gasteiger charge is -2.38. The van der Waals surface area contributed by atoms with Gasteiger partial charge in [-0.05, 0) is 37.1 Å². The smallest absolute Gasteiger partial charge is 0.308 e. The van der Waals surface area contributed by atoms with E-state index in [0.29, 0.717) is 17.0 Å². The molecule has 2 N–H and O–H groups in total. The van der Waals surface area contributed by atoms with Gasteiger partial charge in [0, 0.05) is 17.5 Å². The number of amides is 1. The first-order valence-electron chi connectivity index (χ1n) is 7.81. The van der Waals surface area contributed by atoms with Crippen molar-refractivity contribution >= 4 is 23.2 Å². The van der Waals surface area contributed by atoms with Crippen LogP contribution in [0.15, 0.2) is 11.4 Å². The molecule has 2 heterocycles. The van der Waals surface area contributed by atoms with E-state index in [2.05, 4.69) is 5.32 Å². The van der Waals surface area contributed by atoms with Crippen molar-refractivity contribution in [3.8, 4) is 0 Å². The van der Waals surface area contributed by atoms with Gasteiger partial charge in [0.25, 0.3) is 5.91 Å². The number of nitrogens with one attached hydrogen (secondary N) is 1. The monoisotopic (exact) mass is 323 g/mol. The first kappa shape index (κ1) is 15.5. The van der Waals surface area contributed by atoms with Gasteiger partial charge in [0.05, 0.1) is 17.6 Å². The van der Waals surface area contributed by atoms with Crippen LogP contribution < -0.4 is 5.32 Å². The van der Waals surface area contributed by atoms with Crippen molar-refractivity contribution in [1.29, 1.82) is 0 Å². The van der Waals surface area contributed by atoms with E-state index in [4.69, 9.17) is 9.84 Å². The van der Waals surface area contributed by atoms with Crippen LogP contribution in [-0.2, 0) is 16.0 Å². The molecule has 5 nitrogen and oxygen atoms in total. The number of carboxylic acid groups (broad SMARTS) is 1. The Labute approximate surface area is 133 Å². The number of carbonyl (C=O) groups is 2. The van der Waals surface area contributed by atoms with E-state index in [-0.39, 0.29) is 24.0 Å². The summed E-state index contributed by atoms with van der Waals surface area (Å²) in [6.45, 7) is 0.691. The van der Waals surface area contributed by atoms with Gasteiger partial charge in [-0.2, -0.15) is 0 Å². The molecule has 1 amide bonds. The summed E-state index contributed by atoms with van der Waals surface area (Å²) in [5.41, 5.74) is 0.466. The molecule has 0 radical (unpaired) electrons. The Morgan fingerprint density at radius 1 is 1.41 bits per heavy atom. The van der Waals surface area contributed by atoms with Crippen LogP contribution in [0.2, 0.25) is 0 Å². The summed E-state index contributed by atoms with van der Waals surface area (Å²) in [4.78, 5) is 23.9. The molecule has 1 spiro atoms. The second kappa shape index (κ2) is 6.38. The molecule has 1 aliphatic heterocycles. The molecule has 1 aliphatic carbocycles. The van der Waals surface area contributed by atoms with E-state index >= 15 is 0 Å². The first-order valence-corrected chi connectivity index (χ1v) is 8.69. The quantitative estimate of drug-likeness (QED) is 0.893. The molecular weight excluding hydrogens is 302 g/mol. The van der Waals surface area contributed by atoms with Gasteiger partial charge in [0.2, 0.25) is 0 Å². The van der Waals surface area contributed by atoms with Crippen molar-refractivity contribution in [3.05, 3.63) is 21.9 Å². The third-order valence-corrected chi connectivity index (χ3v) is 5.57. The molecule has 1 atom stereocenters. The molecule has 1 aromatic heterocycles. The van der Waals surface area contributed by atoms with Crippen molar-refractivity contribution in [3.63, 3.8) is 0 Å². The van der Waals surface area contributed by atoms with Gasteiger partial charge in [-0.3, -0.25) is 9.59 Å². The van der Waals surface area contributed by atoms with E-state index in [1.807, 2.05) is 0 Å². The SMILES string of the molecule is O=C(O)Cc1sccc1C(=O)NC1CCOC2(CCCC2)C1. The number of thiophene rings is 1. The second-order valence-electron chi connectivity index (χ2n) is 6.23. The molecule has 2 fully saturated rings. The summed E-state index contributed by atoms with van der Waals surface area (Å²) in [6, 6.07) is 1.83. The van der Waals surface area contributed by atoms with Crippen LogP contribution in [0.3, 0.4) is 0 Å². The highest BCUT2D eigenvalue weighted by Gasteiger charge is 2.40. The van der Waals surface area contributed by atoms with Gasteiger partial charge < -0.3 is 15.2 Å². The molecule has 1 saturated carbocycles. The van der Waals surface area contributed by atoms with Crippen LogP contribution in [0, 0.1) is 0 Å². The van der Waals surface area contributed by atoms with Crippen LogP contribution in [-0.4, -0.2) is 35.2 Å². The van der Waals surface area contributed by atoms with Gasteiger partial charge in [0.15, 0.2) is 0 Å². The minimum absolute atomic E-state index is 0.0330. The maximum atomic E-state index is 12.4. The van der Waals surface area contributed by atoms with E-state index < -0.39 is 5.97 Å². The molecule has 120 valence electrons. The standard InChI is InChI=1S/C16H21NO4S/c18-14(19)9-13-12(4-8-22-13)15(20)17-11-3-7-21-16(10-11)5-1-2-6-16/h4,8,11H,1-3,5-7,9-10H2,(H,17,20)(H,18,19). The number of hydrogen-bond donors (Lipinski definition) is 2. The number of aliphatic carboxylic acids is 1. The van der Waals surface area contributed by atoms with Crippen LogP contribution in [0.25, 0.3) is 0 Å². The molecule has 6 heteroatoms. The lowest BCUT2D eigenvalue weighted by atomic mass is 9.89. The third-order valence-electron chi connectivity index (χ3n) is 4.64. The van der Waals surface area contributed by atoms with E-state index in [0.717, 1.165) is 25.7 Å². The Bertz CT molecular complexity index is 562. The molecule has 1 aromatic rings. The van der Waals surface area contributed by atoms with Crippen molar-refractivity contribution in [1.82, 2.24) is 5.32 Å². The zero-order chi connectivity index (χ0) is 15.6. The van der Waals surface area contributed by atoms with Gasteiger partial charge in [-0.1, -0.05) is 12.8 Å². The fourth-order valence-electron chi connectivity index (χ4n) is 3.60. The maximum Gasteiger partial charge on any atom is 0.308 e. The molecule has 0 aromatic carbocycles. The van der Waals surface area contributed by atoms with Crippen molar-refractivity contribution in [2.24, 2.45) is 0 Å². The molecule has 3 rings (SSSR count). The number of ether oxygens (including phenoxy) is 1. The highest BCUT2D eigenvalue weighted by atomic mass is 32.1. The number of carboxylic acids is 1. The summed E-state index contributed by atoms with van der Waals surface area (Å²) in [7, 11) is 0. The van der Waals surface area contributed by atoms with Crippen LogP contribution >= 0.6 is 11.3 Å². The fourth-order valence-corrected chi connectivity index (χ4v) is 4.46. The zero-order valence-electron chi connectivity index (χ0n) is 12.5. The Kier molecular flexibility index (Phi) is 4.49. The minimum Gasteiger partial charge on any atom is -0.481 e. The third kappa shape index (κ3) is 3.33. The zero-order valence-corrected chi connectivity index (χ0v) is 13.3. The topological polar surface area (TPSA) is 75.6 Å². The first-order chi connectivity index (χ1) is 10.6. The molecular formula is C16H21NO4S. The largest absolute Gasteiger partial charge is 0.481 e. The van der Waals surface area contributed by atoms with Crippen LogP contribution in [0.1, 0.15) is 53.8 Å². The number of carbonyl (C=O) groups excluding carboxylic acids is 1. The van der Waals surface area contributed by atoms with Gasteiger partial charge in [-0.25, -0.2) is 0 Å². The van der Waals surface area contributed by atoms with Gasteiger partial charge >= 0.3 is 5.97 Å². The molecule has 0 bridgehead atoms. The highest BCUT2D eigenvalue weighted by molar-refractivity contribution is 7.10. The number of hydrogen-bond acceptors (Lipinski definition) is 4. The summed E-state index contributed by atoms with van der Waals surface area (Å²) >= 11 is 1.32. The van der Waals surface area contributed by atoms with Gasteiger partial charge in [-0.15, -0.1) is 11.3 Å². The van der Waals surface area contributed by atoms with E-state index in [1.54, 1.807) is 11.4 Å². The summed E-state index contributed by atoms with van der Waals surface area (Å²) < 4.78 is 5.98. The Morgan fingerprint density at radius 2 is 2.18 bits per heavy atom. The Balaban J connectivity index is 1.64. The van der Waals surface area contributed by atoms with Crippen LogP contribution in [0.5, 0.6) is 0 Å². The maximum absolute atomic E-state index is 12.4. The predicted molar refractivity (Wildman–Crippen MR) is 83.3 cm³/mol. The van der Waals surface area contributed by atoms with Crippen molar-refractivity contribution < 1.29 is 19.4 Å². The average molecular weight is 323 g/mol. The second-order valence-corrected chi connectivity index (χ2v) is 7.23. The summed E-state index contributed by atoms with van der Waals surface area (Å²) in [5, 5.41) is 13.8. The number of rotatable bonds is 4. The predicted octanol–water partition coefficient (Wildman–Crippen LogP) is 2.60. The minimum atomic E-state index is -0.910. The molecule has 1 unspecified atom stereocenters. The summed E-state index contributed by atoms with van der Waals surface area (Å²) in [6.07, 6.45) is 6.17. The Hall–Kier alpha value is -1.40. The molecule has 1 saturated heterocycles.